The van der Waals surface area contributed by atoms with Gasteiger partial charge in [-0.3, -0.25) is 9.36 Å². The van der Waals surface area contributed by atoms with Gasteiger partial charge in [0.1, 0.15) is 25.4 Å². The number of nitrogens with zero attached hydrogens (tertiary/aromatic N) is 5. The molecule has 2 unspecified atom stereocenters. The van der Waals surface area contributed by atoms with Crippen molar-refractivity contribution >= 4 is 37.1 Å². The maximum atomic E-state index is 14.1. The van der Waals surface area contributed by atoms with Crippen molar-refractivity contribution in [2.24, 2.45) is 0 Å². The average molecular weight is 531 g/mol. The van der Waals surface area contributed by atoms with Gasteiger partial charge in [-0.15, -0.1) is 4.52 Å². The van der Waals surface area contributed by atoms with E-state index >= 15 is 0 Å². The van der Waals surface area contributed by atoms with Gasteiger partial charge in [-0.1, -0.05) is 5.09 Å². The van der Waals surface area contributed by atoms with E-state index in [2.05, 4.69) is 20.0 Å². The molecule has 1 aliphatic rings. The van der Waals surface area contributed by atoms with Crippen molar-refractivity contribution in [1.82, 2.24) is 24.6 Å². The molecule has 0 aromatic carbocycles. The van der Waals surface area contributed by atoms with E-state index in [1.807, 2.05) is 11.9 Å². The highest BCUT2D eigenvalue weighted by atomic mass is 31.1. The minimum Gasteiger partial charge on any atom is -0.462 e. The van der Waals surface area contributed by atoms with Crippen LogP contribution in [0.5, 0.6) is 0 Å². The number of nitrogens with one attached hydrogen (secondary N) is 1. The van der Waals surface area contributed by atoms with Crippen LogP contribution in [0.15, 0.2) is 6.33 Å². The minimum absolute atomic E-state index is 0.00736. The van der Waals surface area contributed by atoms with Gasteiger partial charge in [0.15, 0.2) is 23.2 Å². The second-order valence-electron chi connectivity index (χ2n) is 8.98. The Labute approximate surface area is 209 Å². The van der Waals surface area contributed by atoms with Gasteiger partial charge in [-0.05, 0) is 45.1 Å². The number of hydrogen-bond donors (Lipinski definition) is 3. The minimum atomic E-state index is -2.50. The van der Waals surface area contributed by atoms with Gasteiger partial charge < -0.3 is 25.2 Å². The molecular weight excluding hydrogens is 496 g/mol. The van der Waals surface area contributed by atoms with E-state index in [1.165, 1.54) is 24.7 Å². The number of imidazole rings is 1. The Balaban J connectivity index is 1.70. The second-order valence-corrected chi connectivity index (χ2v) is 10.0. The van der Waals surface area contributed by atoms with Crippen molar-refractivity contribution in [2.45, 2.75) is 77.2 Å². The molecule has 2 heterocycles. The predicted molar refractivity (Wildman–Crippen MR) is 130 cm³/mol. The van der Waals surface area contributed by atoms with E-state index in [1.54, 1.807) is 13.8 Å². The maximum Gasteiger partial charge on any atom is 0.613 e. The highest BCUT2D eigenvalue weighted by Gasteiger charge is 2.33. The summed E-state index contributed by atoms with van der Waals surface area (Å²) < 4.78 is 43.9. The third-order valence-corrected chi connectivity index (χ3v) is 6.50. The van der Waals surface area contributed by atoms with E-state index in [0.717, 1.165) is 12.8 Å². The van der Waals surface area contributed by atoms with Crippen LogP contribution in [0.25, 0.3) is 11.2 Å². The number of aliphatic hydroxyl groups excluding tert-OH is 1. The number of halogens is 1. The van der Waals surface area contributed by atoms with Gasteiger partial charge in [0.05, 0.1) is 18.5 Å². The predicted octanol–water partition coefficient (Wildman–Crippen LogP) is 1.84. The number of fused-ring (bicyclic) bond motifs is 1. The highest BCUT2D eigenvalue weighted by molar-refractivity contribution is 7.36. The zero-order valence-electron chi connectivity index (χ0n) is 21.0. The molecule has 1 aliphatic carbocycles. The molecule has 0 bridgehead atoms. The number of aliphatic hydroxyl groups is 1. The first kappa shape index (κ1) is 28.1. The number of hydrogen-bond acceptors (Lipinski definition) is 11. The Hall–Kier alpha value is -2.51. The maximum absolute atomic E-state index is 14.1. The molecule has 0 aliphatic heterocycles. The van der Waals surface area contributed by atoms with Crippen LogP contribution in [0.2, 0.25) is 0 Å². The number of anilines is 2. The van der Waals surface area contributed by atoms with Crippen LogP contribution in [0.1, 0.15) is 46.8 Å². The van der Waals surface area contributed by atoms with Crippen LogP contribution in [0.4, 0.5) is 16.2 Å². The van der Waals surface area contributed by atoms with Crippen molar-refractivity contribution in [3.63, 3.8) is 0 Å². The van der Waals surface area contributed by atoms with Gasteiger partial charge in [-0.25, -0.2) is 9.37 Å². The lowest BCUT2D eigenvalue weighted by Gasteiger charge is -2.24. The summed E-state index contributed by atoms with van der Waals surface area (Å²) in [7, 11) is -0.612. The molecule has 4 N–H and O–H groups in total. The topological polar surface area (TPSA) is 167 Å². The largest absolute Gasteiger partial charge is 0.613 e. The normalized spacial score (nSPS) is 17.6. The molecule has 2 aromatic heterocycles. The van der Waals surface area contributed by atoms with Crippen molar-refractivity contribution in [2.75, 3.05) is 31.0 Å². The Bertz CT molecular complexity index is 1070. The molecule has 2 aromatic rings. The summed E-state index contributed by atoms with van der Waals surface area (Å²) in [6, 6.07) is -0.547. The third-order valence-electron chi connectivity index (χ3n) is 5.52. The molecule has 0 saturated heterocycles. The van der Waals surface area contributed by atoms with Crippen molar-refractivity contribution in [1.29, 1.82) is 0 Å². The van der Waals surface area contributed by atoms with Gasteiger partial charge >= 0.3 is 14.1 Å². The van der Waals surface area contributed by atoms with Crippen LogP contribution >= 0.6 is 8.18 Å². The number of ether oxygens (including phenoxy) is 2. The fraction of sp³-hybridized carbons (Fsp3) is 0.714. The van der Waals surface area contributed by atoms with Gasteiger partial charge in [0, 0.05) is 13.1 Å². The first-order chi connectivity index (χ1) is 17.0. The SMILES string of the molecule is CC(C)OC(=O)[C@H](C)N[P+](=O)OCC(O[C@H](CF)n1cnc2c(N(C)C3CC3)nc(N)nc21)[C@H](C)O. The van der Waals surface area contributed by atoms with Gasteiger partial charge in [0.2, 0.25) is 5.95 Å². The number of nitrogens with two attached hydrogens (primary N) is 1. The van der Waals surface area contributed by atoms with Crippen molar-refractivity contribution in [3.05, 3.63) is 6.33 Å². The molecule has 13 nitrogen and oxygen atoms in total. The fourth-order valence-corrected chi connectivity index (χ4v) is 4.18. The lowest BCUT2D eigenvalue weighted by atomic mass is 10.2. The molecule has 5 atom stereocenters. The lowest BCUT2D eigenvalue weighted by molar-refractivity contribution is -0.149. The van der Waals surface area contributed by atoms with Crippen LogP contribution in [-0.4, -0.2) is 81.3 Å². The zero-order chi connectivity index (χ0) is 26.6. The molecule has 200 valence electrons. The fourth-order valence-electron chi connectivity index (χ4n) is 3.40. The van der Waals surface area contributed by atoms with E-state index in [-0.39, 0.29) is 24.3 Å². The average Bonchev–Trinajstić information content (AvgIpc) is 3.58. The smallest absolute Gasteiger partial charge is 0.462 e. The quantitative estimate of drug-likeness (QED) is 0.240. The summed E-state index contributed by atoms with van der Waals surface area (Å²) in [4.78, 5) is 26.7. The highest BCUT2D eigenvalue weighted by Crippen LogP contribution is 2.33. The Morgan fingerprint density at radius 3 is 2.64 bits per heavy atom. The Morgan fingerprint density at radius 1 is 1.36 bits per heavy atom. The Kier molecular flexibility index (Phi) is 9.47. The molecule has 3 rings (SSSR count). The molecule has 1 saturated carbocycles. The lowest BCUT2D eigenvalue weighted by Crippen LogP contribution is -2.36. The van der Waals surface area contributed by atoms with Crippen molar-refractivity contribution < 1.29 is 32.9 Å². The number of carbonyl (C=O) groups is 1. The molecule has 1 fully saturated rings. The van der Waals surface area contributed by atoms with E-state index in [4.69, 9.17) is 19.7 Å². The summed E-state index contributed by atoms with van der Waals surface area (Å²) in [5.41, 5.74) is 6.64. The summed E-state index contributed by atoms with van der Waals surface area (Å²) in [6.45, 7) is 4.99. The number of rotatable bonds is 14. The number of esters is 1. The summed E-state index contributed by atoms with van der Waals surface area (Å²) >= 11 is 0. The Morgan fingerprint density at radius 2 is 2.06 bits per heavy atom. The van der Waals surface area contributed by atoms with Crippen LogP contribution in [-0.2, 0) is 23.4 Å². The molecule has 0 radical (unpaired) electrons. The number of nitrogen functional groups attached to an aromatic ring is 1. The molecule has 15 heteroatoms. The van der Waals surface area contributed by atoms with Gasteiger partial charge in [-0.2, -0.15) is 9.97 Å². The summed E-state index contributed by atoms with van der Waals surface area (Å²) in [5, 5.41) is 12.7. The molecular formula is C21H34FN7O6P+. The molecule has 0 amide bonds. The molecule has 36 heavy (non-hydrogen) atoms. The van der Waals surface area contributed by atoms with E-state index in [0.29, 0.717) is 17.4 Å². The first-order valence-electron chi connectivity index (χ1n) is 11.7. The third kappa shape index (κ3) is 7.04. The number of carbonyl (C=O) groups excluding carboxylic acids is 1. The first-order valence-corrected chi connectivity index (χ1v) is 12.9. The van der Waals surface area contributed by atoms with Crippen LogP contribution < -0.4 is 15.7 Å². The number of aromatic nitrogens is 4. The van der Waals surface area contributed by atoms with Crippen LogP contribution in [0, 0.1) is 0 Å². The number of alkyl halides is 1. The zero-order valence-corrected chi connectivity index (χ0v) is 21.9. The second kappa shape index (κ2) is 12.2. The van der Waals surface area contributed by atoms with Crippen LogP contribution in [0.3, 0.4) is 0 Å². The summed E-state index contributed by atoms with van der Waals surface area (Å²) in [6.07, 6.45) is -0.273. The van der Waals surface area contributed by atoms with Gasteiger partial charge in [0.25, 0.3) is 0 Å². The summed E-state index contributed by atoms with van der Waals surface area (Å²) in [5.74, 6) is -0.0365. The van der Waals surface area contributed by atoms with Crippen molar-refractivity contribution in [3.8, 4) is 0 Å². The molecule has 0 spiro atoms. The van der Waals surface area contributed by atoms with E-state index < -0.39 is 45.3 Å². The van der Waals surface area contributed by atoms with E-state index in [9.17, 15) is 18.9 Å². The standard InChI is InChI=1S/C21H34FN7O6P/c1-11(2)34-20(31)12(3)27-36(32)33-9-15(13(4)30)35-16(8-22)29-10-24-17-18(28(5)14-6-7-14)25-21(23)26-19(17)29/h10-16,30H,6-9H2,1-5H3,(H,27,32)(H2,23,25,26)/q+1/t12-,13-,15?,16+/m0/s1. The monoisotopic (exact) mass is 530 g/mol.